The molecule has 0 amide bonds. The second kappa shape index (κ2) is 3.92. The van der Waals surface area contributed by atoms with Crippen LogP contribution in [0.2, 0.25) is 0 Å². The summed E-state index contributed by atoms with van der Waals surface area (Å²) in [5, 5.41) is 9.31. The average Bonchev–Trinajstić information content (AvgIpc) is 2.19. The summed E-state index contributed by atoms with van der Waals surface area (Å²) < 4.78 is 26.0. The summed E-state index contributed by atoms with van der Waals surface area (Å²) in [7, 11) is 0. The Bertz CT molecular complexity index is 352. The first-order valence-electron chi connectivity index (χ1n) is 4.42. The molecule has 0 aliphatic rings. The highest BCUT2D eigenvalue weighted by Crippen LogP contribution is 2.30. The first kappa shape index (κ1) is 10.9. The first-order chi connectivity index (χ1) is 6.49. The molecule has 0 unspecified atom stereocenters. The van der Waals surface area contributed by atoms with Crippen molar-refractivity contribution in [3.8, 4) is 5.75 Å². The number of aryl methyl sites for hydroxylation is 1. The average molecular weight is 201 g/mol. The Balaban J connectivity index is 3.33. The van der Waals surface area contributed by atoms with E-state index in [-0.39, 0.29) is 11.1 Å². The number of phenolic OH excluding ortho intramolecular Hbond substituents is 1. The molecule has 0 fully saturated rings. The standard InChI is InChI=1S/C10H13F2NO/c1-3-7(13)6-4-5(2)8(11)9(12)10(6)14/h4,7,14H,3,13H2,1-2H3/t7-/m1/s1. The zero-order valence-corrected chi connectivity index (χ0v) is 8.14. The summed E-state index contributed by atoms with van der Waals surface area (Å²) in [6.07, 6.45) is 0.554. The van der Waals surface area contributed by atoms with Crippen LogP contribution >= 0.6 is 0 Å². The Hall–Kier alpha value is -1.16. The molecule has 0 aromatic heterocycles. The smallest absolute Gasteiger partial charge is 0.200 e. The van der Waals surface area contributed by atoms with Crippen LogP contribution < -0.4 is 5.73 Å². The highest BCUT2D eigenvalue weighted by molar-refractivity contribution is 5.40. The van der Waals surface area contributed by atoms with Crippen LogP contribution in [0.3, 0.4) is 0 Å². The number of aromatic hydroxyl groups is 1. The number of phenols is 1. The summed E-state index contributed by atoms with van der Waals surface area (Å²) >= 11 is 0. The molecule has 0 bridgehead atoms. The number of halogens is 2. The van der Waals surface area contributed by atoms with Gasteiger partial charge in [0.05, 0.1) is 0 Å². The number of hydrogen-bond donors (Lipinski definition) is 2. The zero-order chi connectivity index (χ0) is 10.9. The lowest BCUT2D eigenvalue weighted by Crippen LogP contribution is -2.10. The largest absolute Gasteiger partial charge is 0.505 e. The molecule has 4 heteroatoms. The molecule has 78 valence electrons. The van der Waals surface area contributed by atoms with E-state index in [1.165, 1.54) is 13.0 Å². The van der Waals surface area contributed by atoms with Crippen LogP contribution in [0.4, 0.5) is 8.78 Å². The topological polar surface area (TPSA) is 46.2 Å². The fourth-order valence-electron chi connectivity index (χ4n) is 1.27. The van der Waals surface area contributed by atoms with E-state index < -0.39 is 23.4 Å². The van der Waals surface area contributed by atoms with Crippen LogP contribution in [0.25, 0.3) is 0 Å². The molecule has 3 N–H and O–H groups in total. The molecule has 14 heavy (non-hydrogen) atoms. The Morgan fingerprint density at radius 1 is 1.43 bits per heavy atom. The van der Waals surface area contributed by atoms with Crippen LogP contribution in [0.15, 0.2) is 6.07 Å². The molecule has 2 nitrogen and oxygen atoms in total. The Morgan fingerprint density at radius 3 is 2.50 bits per heavy atom. The number of nitrogens with two attached hydrogens (primary N) is 1. The minimum absolute atomic E-state index is 0.152. The Labute approximate surface area is 81.4 Å². The van der Waals surface area contributed by atoms with Gasteiger partial charge in [-0.2, -0.15) is 4.39 Å². The van der Waals surface area contributed by atoms with Gasteiger partial charge in [0.2, 0.25) is 5.82 Å². The Kier molecular flexibility index (Phi) is 3.06. The normalized spacial score (nSPS) is 12.9. The molecule has 0 radical (unpaired) electrons. The van der Waals surface area contributed by atoms with Crippen molar-refractivity contribution in [3.63, 3.8) is 0 Å². The minimum atomic E-state index is -1.22. The molecule has 1 atom stereocenters. The summed E-state index contributed by atoms with van der Waals surface area (Å²) in [6.45, 7) is 3.24. The van der Waals surface area contributed by atoms with Crippen molar-refractivity contribution < 1.29 is 13.9 Å². The van der Waals surface area contributed by atoms with Gasteiger partial charge in [-0.1, -0.05) is 6.92 Å². The van der Waals surface area contributed by atoms with E-state index in [1.54, 1.807) is 6.92 Å². The van der Waals surface area contributed by atoms with Gasteiger partial charge >= 0.3 is 0 Å². The van der Waals surface area contributed by atoms with Crippen LogP contribution in [0.5, 0.6) is 5.75 Å². The molecule has 0 saturated heterocycles. The highest BCUT2D eigenvalue weighted by atomic mass is 19.2. The minimum Gasteiger partial charge on any atom is -0.505 e. The van der Waals surface area contributed by atoms with E-state index in [1.807, 2.05) is 0 Å². The van der Waals surface area contributed by atoms with Crippen LogP contribution in [0, 0.1) is 18.6 Å². The summed E-state index contributed by atoms with van der Waals surface area (Å²) in [5.41, 5.74) is 6.04. The third-order valence-electron chi connectivity index (χ3n) is 2.23. The van der Waals surface area contributed by atoms with Crippen molar-refractivity contribution in [1.29, 1.82) is 0 Å². The van der Waals surface area contributed by atoms with Crippen molar-refractivity contribution >= 4 is 0 Å². The monoisotopic (exact) mass is 201 g/mol. The lowest BCUT2D eigenvalue weighted by molar-refractivity contribution is 0.394. The quantitative estimate of drug-likeness (QED) is 0.771. The summed E-state index contributed by atoms with van der Waals surface area (Å²) in [4.78, 5) is 0. The van der Waals surface area contributed by atoms with E-state index in [0.29, 0.717) is 6.42 Å². The molecule has 0 heterocycles. The van der Waals surface area contributed by atoms with E-state index in [4.69, 9.17) is 5.73 Å². The fraction of sp³-hybridized carbons (Fsp3) is 0.400. The third kappa shape index (κ3) is 1.70. The third-order valence-corrected chi connectivity index (χ3v) is 2.23. The van der Waals surface area contributed by atoms with Crippen LogP contribution in [-0.4, -0.2) is 5.11 Å². The van der Waals surface area contributed by atoms with Crippen LogP contribution in [0.1, 0.15) is 30.5 Å². The van der Waals surface area contributed by atoms with Crippen LogP contribution in [-0.2, 0) is 0 Å². The van der Waals surface area contributed by atoms with Crippen molar-refractivity contribution in [2.45, 2.75) is 26.3 Å². The fourth-order valence-corrected chi connectivity index (χ4v) is 1.27. The highest BCUT2D eigenvalue weighted by Gasteiger charge is 2.18. The summed E-state index contributed by atoms with van der Waals surface area (Å²) in [6, 6.07) is 0.908. The van der Waals surface area contributed by atoms with Gasteiger partial charge < -0.3 is 10.8 Å². The van der Waals surface area contributed by atoms with Crippen molar-refractivity contribution in [2.75, 3.05) is 0 Å². The maximum Gasteiger partial charge on any atom is 0.200 e. The van der Waals surface area contributed by atoms with E-state index in [0.717, 1.165) is 0 Å². The van der Waals surface area contributed by atoms with Crippen molar-refractivity contribution in [1.82, 2.24) is 0 Å². The maximum atomic E-state index is 13.1. The van der Waals surface area contributed by atoms with Gasteiger partial charge in [-0.25, -0.2) is 4.39 Å². The Morgan fingerprint density at radius 2 is 2.00 bits per heavy atom. The lowest BCUT2D eigenvalue weighted by atomic mass is 10.0. The predicted octanol–water partition coefficient (Wildman–Crippen LogP) is 2.39. The lowest BCUT2D eigenvalue weighted by Gasteiger charge is -2.13. The molecular formula is C10H13F2NO. The zero-order valence-electron chi connectivity index (χ0n) is 8.14. The van der Waals surface area contributed by atoms with Gasteiger partial charge in [-0.05, 0) is 25.0 Å². The van der Waals surface area contributed by atoms with Crippen molar-refractivity contribution in [2.24, 2.45) is 5.73 Å². The van der Waals surface area contributed by atoms with Gasteiger partial charge in [0.1, 0.15) is 0 Å². The molecule has 0 saturated carbocycles. The van der Waals surface area contributed by atoms with Crippen molar-refractivity contribution in [3.05, 3.63) is 28.8 Å². The van der Waals surface area contributed by atoms with E-state index in [2.05, 4.69) is 0 Å². The second-order valence-electron chi connectivity index (χ2n) is 3.27. The molecule has 1 aromatic rings. The number of rotatable bonds is 2. The predicted molar refractivity (Wildman–Crippen MR) is 50.0 cm³/mol. The molecule has 0 aliphatic heterocycles. The second-order valence-corrected chi connectivity index (χ2v) is 3.27. The SMILES string of the molecule is CC[C@@H](N)c1cc(C)c(F)c(F)c1O. The van der Waals surface area contributed by atoms with E-state index in [9.17, 15) is 13.9 Å². The first-order valence-corrected chi connectivity index (χ1v) is 4.42. The maximum absolute atomic E-state index is 13.1. The molecule has 1 rings (SSSR count). The summed E-state index contributed by atoms with van der Waals surface area (Å²) in [5.74, 6) is -2.92. The number of benzene rings is 1. The molecule has 0 spiro atoms. The van der Waals surface area contributed by atoms with Gasteiger partial charge in [-0.15, -0.1) is 0 Å². The van der Waals surface area contributed by atoms with Gasteiger partial charge in [0.25, 0.3) is 0 Å². The van der Waals surface area contributed by atoms with Gasteiger partial charge in [-0.3, -0.25) is 0 Å². The molecule has 0 aliphatic carbocycles. The van der Waals surface area contributed by atoms with Gasteiger partial charge in [0, 0.05) is 11.6 Å². The van der Waals surface area contributed by atoms with E-state index >= 15 is 0 Å². The molecular weight excluding hydrogens is 188 g/mol. The molecule has 1 aromatic carbocycles. The number of hydrogen-bond acceptors (Lipinski definition) is 2. The van der Waals surface area contributed by atoms with Gasteiger partial charge in [0.15, 0.2) is 11.6 Å².